The van der Waals surface area contributed by atoms with E-state index >= 15 is 0 Å². The summed E-state index contributed by atoms with van der Waals surface area (Å²) in [6.45, 7) is 5.55. The lowest BCUT2D eigenvalue weighted by atomic mass is 10.1. The molecule has 0 bridgehead atoms. The molecule has 2 N–H and O–H groups in total. The molecule has 114 valence electrons. The summed E-state index contributed by atoms with van der Waals surface area (Å²) in [5, 5.41) is 12.7. The molecule has 2 rings (SSSR count). The Hall–Kier alpha value is -1.55. The van der Waals surface area contributed by atoms with Crippen LogP contribution in [0.3, 0.4) is 0 Å². The van der Waals surface area contributed by atoms with Crippen molar-refractivity contribution in [3.63, 3.8) is 0 Å². The van der Waals surface area contributed by atoms with Crippen LogP contribution in [-0.2, 0) is 16.0 Å². The van der Waals surface area contributed by atoms with E-state index in [-0.39, 0.29) is 11.9 Å². The van der Waals surface area contributed by atoms with Crippen molar-refractivity contribution in [3.05, 3.63) is 34.9 Å². The van der Waals surface area contributed by atoms with E-state index in [2.05, 4.69) is 5.32 Å². The maximum Gasteiger partial charge on any atom is 0.307 e. The van der Waals surface area contributed by atoms with E-state index in [9.17, 15) is 9.59 Å². The van der Waals surface area contributed by atoms with E-state index in [0.717, 1.165) is 5.56 Å². The molecule has 1 aliphatic carbocycles. The first kappa shape index (κ1) is 15.8. The van der Waals surface area contributed by atoms with E-state index in [1.165, 1.54) is 0 Å². The molecule has 0 aliphatic heterocycles. The molecule has 0 heterocycles. The van der Waals surface area contributed by atoms with Gasteiger partial charge in [-0.1, -0.05) is 37.6 Å². The molecule has 3 unspecified atom stereocenters. The predicted octanol–water partition coefficient (Wildman–Crippen LogP) is 2.74. The number of carboxylic acids is 1. The number of halogens is 1. The quantitative estimate of drug-likeness (QED) is 0.879. The summed E-state index contributed by atoms with van der Waals surface area (Å²) < 4.78 is 0. The molecular formula is C16H20ClNO3. The molecule has 1 aromatic carbocycles. The smallest absolute Gasteiger partial charge is 0.307 e. The molecule has 1 saturated carbocycles. The average Bonchev–Trinajstić information content (AvgIpc) is 2.95. The van der Waals surface area contributed by atoms with Crippen molar-refractivity contribution in [2.45, 2.75) is 33.2 Å². The highest BCUT2D eigenvalue weighted by atomic mass is 35.5. The van der Waals surface area contributed by atoms with Crippen molar-refractivity contribution < 1.29 is 14.7 Å². The third kappa shape index (κ3) is 3.38. The fraction of sp³-hybridized carbons (Fsp3) is 0.500. The van der Waals surface area contributed by atoms with Crippen LogP contribution in [0.15, 0.2) is 24.3 Å². The molecule has 1 aromatic rings. The molecule has 0 aromatic heterocycles. The Kier molecular flexibility index (Phi) is 4.28. The van der Waals surface area contributed by atoms with Gasteiger partial charge in [0.05, 0.1) is 11.8 Å². The van der Waals surface area contributed by atoms with E-state index in [4.69, 9.17) is 16.7 Å². The molecule has 21 heavy (non-hydrogen) atoms. The summed E-state index contributed by atoms with van der Waals surface area (Å²) in [4.78, 5) is 23.3. The number of rotatable bonds is 5. The highest BCUT2D eigenvalue weighted by Gasteiger charge is 2.65. The Morgan fingerprint density at radius 1 is 1.29 bits per heavy atom. The number of hydrogen-bond donors (Lipinski definition) is 2. The van der Waals surface area contributed by atoms with Gasteiger partial charge in [-0.3, -0.25) is 9.59 Å². The fourth-order valence-electron chi connectivity index (χ4n) is 2.95. The number of hydrogen-bond acceptors (Lipinski definition) is 2. The normalized spacial score (nSPS) is 24.2. The van der Waals surface area contributed by atoms with Gasteiger partial charge in [0.25, 0.3) is 0 Å². The van der Waals surface area contributed by atoms with Gasteiger partial charge in [-0.15, -0.1) is 0 Å². The minimum atomic E-state index is -0.898. The Balaban J connectivity index is 1.91. The first-order chi connectivity index (χ1) is 9.73. The minimum absolute atomic E-state index is 0.0514. The van der Waals surface area contributed by atoms with E-state index < -0.39 is 23.2 Å². The zero-order valence-corrected chi connectivity index (χ0v) is 13.1. The van der Waals surface area contributed by atoms with Gasteiger partial charge in [0, 0.05) is 11.1 Å². The van der Waals surface area contributed by atoms with Gasteiger partial charge in [-0.2, -0.15) is 0 Å². The first-order valence-corrected chi connectivity index (χ1v) is 7.39. The van der Waals surface area contributed by atoms with Crippen LogP contribution in [0.1, 0.15) is 26.3 Å². The lowest BCUT2D eigenvalue weighted by Gasteiger charge is -2.14. The Morgan fingerprint density at radius 2 is 1.86 bits per heavy atom. The summed E-state index contributed by atoms with van der Waals surface area (Å²) in [5.74, 6) is -2.10. The van der Waals surface area contributed by atoms with Gasteiger partial charge < -0.3 is 10.4 Å². The zero-order chi connectivity index (χ0) is 15.8. The van der Waals surface area contributed by atoms with Crippen molar-refractivity contribution in [1.82, 2.24) is 5.32 Å². The maximum atomic E-state index is 12.2. The molecule has 0 saturated heterocycles. The van der Waals surface area contributed by atoms with Crippen LogP contribution in [0.4, 0.5) is 0 Å². The second kappa shape index (κ2) is 5.68. The summed E-state index contributed by atoms with van der Waals surface area (Å²) >= 11 is 5.83. The van der Waals surface area contributed by atoms with Crippen LogP contribution in [0, 0.1) is 17.3 Å². The molecule has 3 atom stereocenters. The molecule has 1 fully saturated rings. The van der Waals surface area contributed by atoms with Crippen LogP contribution in [0.2, 0.25) is 5.02 Å². The van der Waals surface area contributed by atoms with Gasteiger partial charge in [0.15, 0.2) is 0 Å². The fourth-order valence-corrected chi connectivity index (χ4v) is 3.07. The van der Waals surface area contributed by atoms with Crippen LogP contribution >= 0.6 is 11.6 Å². The van der Waals surface area contributed by atoms with Gasteiger partial charge >= 0.3 is 5.97 Å². The van der Waals surface area contributed by atoms with E-state index in [1.54, 1.807) is 0 Å². The van der Waals surface area contributed by atoms with Gasteiger partial charge in [0.1, 0.15) is 0 Å². The van der Waals surface area contributed by atoms with Crippen molar-refractivity contribution in [1.29, 1.82) is 0 Å². The topological polar surface area (TPSA) is 66.4 Å². The SMILES string of the molecule is CC(Cc1ccc(Cl)cc1)NC(=O)C1C(C(=O)O)C1(C)C. The molecular weight excluding hydrogens is 290 g/mol. The predicted molar refractivity (Wildman–Crippen MR) is 81.2 cm³/mol. The highest BCUT2D eigenvalue weighted by molar-refractivity contribution is 6.30. The molecule has 4 nitrogen and oxygen atoms in total. The van der Waals surface area contributed by atoms with Gasteiger partial charge in [-0.05, 0) is 36.5 Å². The highest BCUT2D eigenvalue weighted by Crippen LogP contribution is 2.58. The average molecular weight is 310 g/mol. The van der Waals surface area contributed by atoms with Crippen LogP contribution < -0.4 is 5.32 Å². The lowest BCUT2D eigenvalue weighted by Crippen LogP contribution is -2.36. The molecule has 1 aliphatic rings. The van der Waals surface area contributed by atoms with Crippen LogP contribution in [-0.4, -0.2) is 23.0 Å². The second-order valence-electron chi connectivity index (χ2n) is 6.36. The zero-order valence-electron chi connectivity index (χ0n) is 12.4. The molecule has 5 heteroatoms. The number of nitrogens with one attached hydrogen (secondary N) is 1. The third-order valence-corrected chi connectivity index (χ3v) is 4.47. The standard InChI is InChI=1S/C16H20ClNO3/c1-9(8-10-4-6-11(17)7-5-10)18-14(19)12-13(15(20)21)16(12,2)3/h4-7,9,12-13H,8H2,1-3H3,(H,18,19)(H,20,21). The molecule has 1 amide bonds. The number of benzene rings is 1. The number of carboxylic acid groups (broad SMARTS) is 1. The molecule has 0 radical (unpaired) electrons. The Morgan fingerprint density at radius 3 is 2.33 bits per heavy atom. The number of carbonyl (C=O) groups is 2. The minimum Gasteiger partial charge on any atom is -0.481 e. The summed E-state index contributed by atoms with van der Waals surface area (Å²) in [7, 11) is 0. The Labute approximate surface area is 129 Å². The lowest BCUT2D eigenvalue weighted by molar-refractivity contribution is -0.140. The third-order valence-electron chi connectivity index (χ3n) is 4.22. The van der Waals surface area contributed by atoms with Crippen molar-refractivity contribution in [3.8, 4) is 0 Å². The summed E-state index contributed by atoms with van der Waals surface area (Å²) in [6.07, 6.45) is 0.688. The maximum absolute atomic E-state index is 12.2. The molecule has 0 spiro atoms. The monoisotopic (exact) mass is 309 g/mol. The van der Waals surface area contributed by atoms with Crippen molar-refractivity contribution in [2.75, 3.05) is 0 Å². The van der Waals surface area contributed by atoms with Gasteiger partial charge in [-0.25, -0.2) is 0 Å². The van der Waals surface area contributed by atoms with Gasteiger partial charge in [0.2, 0.25) is 5.91 Å². The van der Waals surface area contributed by atoms with Crippen LogP contribution in [0.25, 0.3) is 0 Å². The van der Waals surface area contributed by atoms with E-state index in [0.29, 0.717) is 11.4 Å². The van der Waals surface area contributed by atoms with Crippen molar-refractivity contribution >= 4 is 23.5 Å². The largest absolute Gasteiger partial charge is 0.481 e. The Bertz CT molecular complexity index is 553. The summed E-state index contributed by atoms with van der Waals surface area (Å²) in [5.41, 5.74) is 0.618. The van der Waals surface area contributed by atoms with Crippen molar-refractivity contribution in [2.24, 2.45) is 17.3 Å². The second-order valence-corrected chi connectivity index (χ2v) is 6.79. The summed E-state index contributed by atoms with van der Waals surface area (Å²) in [6, 6.07) is 7.42. The van der Waals surface area contributed by atoms with Crippen LogP contribution in [0.5, 0.6) is 0 Å². The number of amides is 1. The first-order valence-electron chi connectivity index (χ1n) is 7.01. The number of aliphatic carboxylic acids is 1. The number of carbonyl (C=O) groups excluding carboxylic acids is 1. The van der Waals surface area contributed by atoms with E-state index in [1.807, 2.05) is 45.0 Å².